The van der Waals surface area contributed by atoms with Gasteiger partial charge in [0.05, 0.1) is 5.02 Å². The summed E-state index contributed by atoms with van der Waals surface area (Å²) in [6.45, 7) is 5.42. The fourth-order valence-electron chi connectivity index (χ4n) is 1.97. The van der Waals surface area contributed by atoms with Crippen molar-refractivity contribution in [1.29, 1.82) is 0 Å². The maximum absolute atomic E-state index is 11.5. The van der Waals surface area contributed by atoms with Gasteiger partial charge in [-0.1, -0.05) is 18.5 Å². The van der Waals surface area contributed by atoms with Gasteiger partial charge in [-0.2, -0.15) is 0 Å². The zero-order valence-corrected chi connectivity index (χ0v) is 12.9. The van der Waals surface area contributed by atoms with E-state index in [0.29, 0.717) is 17.4 Å². The van der Waals surface area contributed by atoms with E-state index in [2.05, 4.69) is 27.9 Å². The van der Waals surface area contributed by atoms with Crippen LogP contribution in [-0.2, 0) is 0 Å². The summed E-state index contributed by atoms with van der Waals surface area (Å²) in [5.74, 6) is 0.497. The predicted molar refractivity (Wildman–Crippen MR) is 88.2 cm³/mol. The molecular formula is C15H19ClN4O. The molecule has 0 aliphatic heterocycles. The highest BCUT2D eigenvalue weighted by Gasteiger charge is 2.06. The number of aromatic nitrogens is 1. The third-order valence-electron chi connectivity index (χ3n) is 2.94. The first-order valence-corrected chi connectivity index (χ1v) is 7.39. The lowest BCUT2D eigenvalue weighted by molar-refractivity contribution is 0.252. The lowest BCUT2D eigenvalue weighted by Gasteiger charge is -2.10. The van der Waals surface area contributed by atoms with Crippen LogP contribution in [0.4, 0.5) is 16.3 Å². The summed E-state index contributed by atoms with van der Waals surface area (Å²) in [6, 6.07) is 5.43. The molecule has 1 heterocycles. The standard InChI is InChI=1S/C15H19ClN4O/c1-3-5-18-11-6-10-7-14(20-15(21)17-4-2)19-9-12(10)13(16)8-11/h6-9,18H,3-5H2,1-2H3,(H2,17,19,20,21). The number of benzene rings is 1. The van der Waals surface area contributed by atoms with E-state index in [0.717, 1.165) is 29.4 Å². The van der Waals surface area contributed by atoms with E-state index in [-0.39, 0.29) is 6.03 Å². The molecule has 0 atom stereocenters. The van der Waals surface area contributed by atoms with Gasteiger partial charge in [0, 0.05) is 30.4 Å². The van der Waals surface area contributed by atoms with Crippen LogP contribution < -0.4 is 16.0 Å². The summed E-state index contributed by atoms with van der Waals surface area (Å²) in [5.41, 5.74) is 0.963. The molecule has 0 bridgehead atoms. The van der Waals surface area contributed by atoms with Crippen molar-refractivity contribution in [3.8, 4) is 0 Å². The molecule has 0 spiro atoms. The lowest BCUT2D eigenvalue weighted by atomic mass is 10.1. The first kappa shape index (κ1) is 15.4. The van der Waals surface area contributed by atoms with Crippen LogP contribution in [0.5, 0.6) is 0 Å². The molecule has 112 valence electrons. The maximum atomic E-state index is 11.5. The third kappa shape index (κ3) is 3.98. The van der Waals surface area contributed by atoms with Crippen LogP contribution in [0.2, 0.25) is 5.02 Å². The minimum absolute atomic E-state index is 0.268. The Hall–Kier alpha value is -2.01. The van der Waals surface area contributed by atoms with E-state index in [1.807, 2.05) is 25.1 Å². The van der Waals surface area contributed by atoms with Gasteiger partial charge in [-0.25, -0.2) is 9.78 Å². The van der Waals surface area contributed by atoms with Crippen LogP contribution in [0.25, 0.3) is 10.8 Å². The zero-order chi connectivity index (χ0) is 15.2. The van der Waals surface area contributed by atoms with Crippen LogP contribution in [0, 0.1) is 0 Å². The van der Waals surface area contributed by atoms with Crippen molar-refractivity contribution in [2.75, 3.05) is 23.7 Å². The van der Waals surface area contributed by atoms with Crippen molar-refractivity contribution in [1.82, 2.24) is 10.3 Å². The monoisotopic (exact) mass is 306 g/mol. The van der Waals surface area contributed by atoms with Gasteiger partial charge in [0.25, 0.3) is 0 Å². The third-order valence-corrected chi connectivity index (χ3v) is 3.26. The number of halogens is 1. The van der Waals surface area contributed by atoms with E-state index < -0.39 is 0 Å². The lowest BCUT2D eigenvalue weighted by Crippen LogP contribution is -2.28. The molecule has 2 amide bonds. The number of urea groups is 1. The molecule has 5 nitrogen and oxygen atoms in total. The van der Waals surface area contributed by atoms with Crippen LogP contribution >= 0.6 is 11.6 Å². The minimum Gasteiger partial charge on any atom is -0.385 e. The average molecular weight is 307 g/mol. The van der Waals surface area contributed by atoms with Crippen molar-refractivity contribution in [3.05, 3.63) is 29.4 Å². The number of anilines is 2. The average Bonchev–Trinajstić information content (AvgIpc) is 2.45. The molecule has 2 rings (SSSR count). The number of fused-ring (bicyclic) bond motifs is 1. The highest BCUT2D eigenvalue weighted by molar-refractivity contribution is 6.35. The second-order valence-electron chi connectivity index (χ2n) is 4.66. The number of carbonyl (C=O) groups is 1. The summed E-state index contributed by atoms with van der Waals surface area (Å²) in [4.78, 5) is 15.7. The number of amides is 2. The van der Waals surface area contributed by atoms with Gasteiger partial charge in [0.2, 0.25) is 0 Å². The van der Waals surface area contributed by atoms with Crippen molar-refractivity contribution < 1.29 is 4.79 Å². The Bertz CT molecular complexity index is 645. The first-order valence-electron chi connectivity index (χ1n) is 7.02. The predicted octanol–water partition coefficient (Wildman–Crippen LogP) is 3.85. The van der Waals surface area contributed by atoms with E-state index in [1.165, 1.54) is 0 Å². The Morgan fingerprint density at radius 2 is 2.10 bits per heavy atom. The SMILES string of the molecule is CCCNc1cc(Cl)c2cnc(NC(=O)NCC)cc2c1. The van der Waals surface area contributed by atoms with Crippen LogP contribution in [0.15, 0.2) is 24.4 Å². The molecule has 3 N–H and O–H groups in total. The molecule has 1 aromatic heterocycles. The smallest absolute Gasteiger partial charge is 0.320 e. The highest BCUT2D eigenvalue weighted by Crippen LogP contribution is 2.28. The molecule has 2 aromatic rings. The van der Waals surface area contributed by atoms with Gasteiger partial charge in [-0.15, -0.1) is 0 Å². The summed E-state index contributed by atoms with van der Waals surface area (Å²) in [5, 5.41) is 11.1. The molecule has 6 heteroatoms. The number of nitrogens with zero attached hydrogens (tertiary/aromatic N) is 1. The summed E-state index contributed by atoms with van der Waals surface area (Å²) in [7, 11) is 0. The van der Waals surface area contributed by atoms with Crippen LogP contribution in [-0.4, -0.2) is 24.1 Å². The summed E-state index contributed by atoms with van der Waals surface area (Å²) < 4.78 is 0. The minimum atomic E-state index is -0.268. The molecule has 0 saturated carbocycles. The molecule has 0 fully saturated rings. The van der Waals surface area contributed by atoms with Gasteiger partial charge in [0.1, 0.15) is 5.82 Å². The normalized spacial score (nSPS) is 10.4. The van der Waals surface area contributed by atoms with Gasteiger partial charge in [-0.3, -0.25) is 5.32 Å². The number of hydrogen-bond acceptors (Lipinski definition) is 3. The number of rotatable bonds is 5. The van der Waals surface area contributed by atoms with Crippen LogP contribution in [0.3, 0.4) is 0 Å². The van der Waals surface area contributed by atoms with Crippen molar-refractivity contribution in [2.24, 2.45) is 0 Å². The zero-order valence-electron chi connectivity index (χ0n) is 12.2. The maximum Gasteiger partial charge on any atom is 0.320 e. The van der Waals surface area contributed by atoms with E-state index in [4.69, 9.17) is 11.6 Å². The molecule has 0 aliphatic carbocycles. The molecule has 0 saturated heterocycles. The van der Waals surface area contributed by atoms with Crippen molar-refractivity contribution >= 4 is 39.9 Å². The first-order chi connectivity index (χ1) is 10.1. The number of pyridine rings is 1. The molecule has 1 aromatic carbocycles. The molecule has 0 aliphatic rings. The fraction of sp³-hybridized carbons (Fsp3) is 0.333. The van der Waals surface area contributed by atoms with Crippen molar-refractivity contribution in [2.45, 2.75) is 20.3 Å². The molecule has 0 radical (unpaired) electrons. The topological polar surface area (TPSA) is 66.0 Å². The molecular weight excluding hydrogens is 288 g/mol. The summed E-state index contributed by atoms with van der Waals surface area (Å²) in [6.07, 6.45) is 2.71. The Morgan fingerprint density at radius 1 is 1.29 bits per heavy atom. The summed E-state index contributed by atoms with van der Waals surface area (Å²) >= 11 is 6.27. The Balaban J connectivity index is 2.29. The Labute approximate surface area is 129 Å². The van der Waals surface area contributed by atoms with Gasteiger partial charge in [0.15, 0.2) is 0 Å². The highest BCUT2D eigenvalue weighted by atomic mass is 35.5. The van der Waals surface area contributed by atoms with E-state index in [9.17, 15) is 4.79 Å². The van der Waals surface area contributed by atoms with Crippen molar-refractivity contribution in [3.63, 3.8) is 0 Å². The van der Waals surface area contributed by atoms with Gasteiger partial charge in [-0.05, 0) is 36.9 Å². The van der Waals surface area contributed by atoms with Gasteiger partial charge < -0.3 is 10.6 Å². The fourth-order valence-corrected chi connectivity index (χ4v) is 2.25. The number of hydrogen-bond donors (Lipinski definition) is 3. The quantitative estimate of drug-likeness (QED) is 0.786. The van der Waals surface area contributed by atoms with E-state index >= 15 is 0 Å². The Kier molecular flexibility index (Phi) is 5.22. The molecule has 0 unspecified atom stereocenters. The Morgan fingerprint density at radius 3 is 2.81 bits per heavy atom. The molecule has 21 heavy (non-hydrogen) atoms. The second kappa shape index (κ2) is 7.13. The second-order valence-corrected chi connectivity index (χ2v) is 5.07. The van der Waals surface area contributed by atoms with Gasteiger partial charge >= 0.3 is 6.03 Å². The number of carbonyl (C=O) groups excluding carboxylic acids is 1. The van der Waals surface area contributed by atoms with Crippen LogP contribution in [0.1, 0.15) is 20.3 Å². The number of nitrogens with one attached hydrogen (secondary N) is 3. The largest absolute Gasteiger partial charge is 0.385 e. The van der Waals surface area contributed by atoms with E-state index in [1.54, 1.807) is 6.20 Å².